The molecule has 6 heteroatoms. The molecular weight excluding hydrogens is 330 g/mol. The average molecular weight is 341 g/mol. The van der Waals surface area contributed by atoms with Crippen molar-refractivity contribution in [3.63, 3.8) is 0 Å². The first-order valence-corrected chi connectivity index (χ1v) is 6.54. The van der Waals surface area contributed by atoms with Crippen LogP contribution < -0.4 is 11.1 Å². The van der Waals surface area contributed by atoms with Gasteiger partial charge in [0.05, 0.1) is 10.0 Å². The number of amides is 1. The van der Waals surface area contributed by atoms with E-state index in [2.05, 4.69) is 21.2 Å². The van der Waals surface area contributed by atoms with E-state index in [0.29, 0.717) is 15.7 Å². The van der Waals surface area contributed by atoms with Gasteiger partial charge in [0.2, 0.25) is 0 Å². The van der Waals surface area contributed by atoms with Crippen molar-refractivity contribution in [3.8, 4) is 0 Å². The molecule has 104 valence electrons. The van der Waals surface area contributed by atoms with Gasteiger partial charge in [-0.25, -0.2) is 8.78 Å². The molecule has 0 aromatic heterocycles. The lowest BCUT2D eigenvalue weighted by molar-refractivity contribution is 0.0950. The van der Waals surface area contributed by atoms with E-state index in [4.69, 9.17) is 5.73 Å². The highest BCUT2D eigenvalue weighted by molar-refractivity contribution is 9.10. The van der Waals surface area contributed by atoms with E-state index in [1.54, 1.807) is 18.2 Å². The second-order valence-electron chi connectivity index (χ2n) is 4.13. The highest BCUT2D eigenvalue weighted by atomic mass is 79.9. The fourth-order valence-electron chi connectivity index (χ4n) is 1.67. The molecule has 0 saturated heterocycles. The summed E-state index contributed by atoms with van der Waals surface area (Å²) in [6.45, 7) is -0.107. The first-order valence-electron chi connectivity index (χ1n) is 5.75. The second-order valence-corrected chi connectivity index (χ2v) is 4.92. The standard InChI is InChI=1S/C14H11BrF2N2O/c15-13-10(2-1-3-12(13)18)14(20)19-7-8-6-9(16)4-5-11(8)17/h1-6H,7,18H2,(H,19,20). The van der Waals surface area contributed by atoms with Gasteiger partial charge in [-0.1, -0.05) is 6.07 Å². The van der Waals surface area contributed by atoms with Gasteiger partial charge in [0.1, 0.15) is 11.6 Å². The van der Waals surface area contributed by atoms with Gasteiger partial charge in [-0.2, -0.15) is 0 Å². The lowest BCUT2D eigenvalue weighted by Crippen LogP contribution is -2.24. The number of hydrogen-bond donors (Lipinski definition) is 2. The third kappa shape index (κ3) is 3.14. The van der Waals surface area contributed by atoms with Crippen molar-refractivity contribution in [2.24, 2.45) is 0 Å². The van der Waals surface area contributed by atoms with Crippen LogP contribution in [0.3, 0.4) is 0 Å². The smallest absolute Gasteiger partial charge is 0.252 e. The Bertz CT molecular complexity index is 662. The Kier molecular flexibility index (Phi) is 4.34. The first-order chi connectivity index (χ1) is 9.49. The Morgan fingerprint density at radius 1 is 1.25 bits per heavy atom. The topological polar surface area (TPSA) is 55.1 Å². The molecule has 2 aromatic rings. The van der Waals surface area contributed by atoms with Crippen molar-refractivity contribution in [1.29, 1.82) is 0 Å². The van der Waals surface area contributed by atoms with Gasteiger partial charge in [0, 0.05) is 17.8 Å². The van der Waals surface area contributed by atoms with Crippen molar-refractivity contribution >= 4 is 27.5 Å². The van der Waals surface area contributed by atoms with Gasteiger partial charge >= 0.3 is 0 Å². The number of benzene rings is 2. The highest BCUT2D eigenvalue weighted by Crippen LogP contribution is 2.23. The fourth-order valence-corrected chi connectivity index (χ4v) is 2.12. The Balaban J connectivity index is 2.13. The summed E-state index contributed by atoms with van der Waals surface area (Å²) in [6.07, 6.45) is 0. The Morgan fingerprint density at radius 3 is 2.75 bits per heavy atom. The van der Waals surface area contributed by atoms with Crippen LogP contribution >= 0.6 is 15.9 Å². The van der Waals surface area contributed by atoms with Crippen LogP contribution in [0.15, 0.2) is 40.9 Å². The maximum atomic E-state index is 13.4. The third-order valence-electron chi connectivity index (χ3n) is 2.72. The number of nitrogen functional groups attached to an aromatic ring is 1. The average Bonchev–Trinajstić information content (AvgIpc) is 2.42. The molecule has 0 heterocycles. The summed E-state index contributed by atoms with van der Waals surface area (Å²) in [5.41, 5.74) is 6.52. The van der Waals surface area contributed by atoms with E-state index in [1.807, 2.05) is 0 Å². The van der Waals surface area contributed by atoms with E-state index in [9.17, 15) is 13.6 Å². The summed E-state index contributed by atoms with van der Waals surface area (Å²) in [5, 5.41) is 2.52. The number of carbonyl (C=O) groups is 1. The highest BCUT2D eigenvalue weighted by Gasteiger charge is 2.12. The first kappa shape index (κ1) is 14.5. The lowest BCUT2D eigenvalue weighted by Gasteiger charge is -2.09. The molecule has 0 unspecified atom stereocenters. The number of rotatable bonds is 3. The van der Waals surface area contributed by atoms with Gasteiger partial charge in [-0.15, -0.1) is 0 Å². The van der Waals surface area contributed by atoms with Crippen LogP contribution in [0.25, 0.3) is 0 Å². The molecule has 2 aromatic carbocycles. The molecule has 3 nitrogen and oxygen atoms in total. The normalized spacial score (nSPS) is 10.3. The summed E-state index contributed by atoms with van der Waals surface area (Å²) < 4.78 is 26.9. The zero-order valence-corrected chi connectivity index (χ0v) is 11.9. The molecule has 1 amide bonds. The van der Waals surface area contributed by atoms with Crippen molar-refractivity contribution in [2.75, 3.05) is 5.73 Å². The van der Waals surface area contributed by atoms with E-state index < -0.39 is 17.5 Å². The molecule has 0 radical (unpaired) electrons. The van der Waals surface area contributed by atoms with E-state index in [-0.39, 0.29) is 12.1 Å². The molecule has 0 fully saturated rings. The molecule has 0 aliphatic heterocycles. The van der Waals surface area contributed by atoms with Crippen LogP contribution in [0.2, 0.25) is 0 Å². The van der Waals surface area contributed by atoms with Gasteiger partial charge in [-0.05, 0) is 46.3 Å². The Labute approximate surface area is 122 Å². The van der Waals surface area contributed by atoms with E-state index in [1.165, 1.54) is 0 Å². The van der Waals surface area contributed by atoms with Crippen LogP contribution in [0.4, 0.5) is 14.5 Å². The molecule has 20 heavy (non-hydrogen) atoms. The maximum Gasteiger partial charge on any atom is 0.252 e. The second kappa shape index (κ2) is 6.00. The molecule has 0 saturated carbocycles. The minimum absolute atomic E-state index is 0.0818. The van der Waals surface area contributed by atoms with Gasteiger partial charge in [0.15, 0.2) is 0 Å². The predicted molar refractivity (Wildman–Crippen MR) is 76.1 cm³/mol. The minimum atomic E-state index is -0.571. The molecule has 0 spiro atoms. The van der Waals surface area contributed by atoms with Crippen molar-refractivity contribution in [3.05, 3.63) is 63.6 Å². The van der Waals surface area contributed by atoms with Crippen LogP contribution in [0.1, 0.15) is 15.9 Å². The molecular formula is C14H11BrF2N2O. The number of carbonyl (C=O) groups excluding carboxylic acids is 1. The van der Waals surface area contributed by atoms with Crippen LogP contribution in [0.5, 0.6) is 0 Å². The third-order valence-corrected chi connectivity index (χ3v) is 3.61. The molecule has 0 bridgehead atoms. The van der Waals surface area contributed by atoms with Crippen molar-refractivity contribution in [1.82, 2.24) is 5.32 Å². The van der Waals surface area contributed by atoms with Gasteiger partial charge < -0.3 is 11.1 Å². The zero-order valence-electron chi connectivity index (χ0n) is 10.3. The number of nitrogens with one attached hydrogen (secondary N) is 1. The molecule has 3 N–H and O–H groups in total. The fraction of sp³-hybridized carbons (Fsp3) is 0.0714. The SMILES string of the molecule is Nc1cccc(C(=O)NCc2cc(F)ccc2F)c1Br. The molecule has 2 rings (SSSR count). The molecule has 0 aliphatic carbocycles. The van der Waals surface area contributed by atoms with Gasteiger partial charge in [-0.3, -0.25) is 4.79 Å². The molecule has 0 atom stereocenters. The zero-order chi connectivity index (χ0) is 14.7. The van der Waals surface area contributed by atoms with Crippen molar-refractivity contribution in [2.45, 2.75) is 6.54 Å². The van der Waals surface area contributed by atoms with E-state index >= 15 is 0 Å². The van der Waals surface area contributed by atoms with Crippen LogP contribution in [-0.4, -0.2) is 5.91 Å². The maximum absolute atomic E-state index is 13.4. The number of halogens is 3. The largest absolute Gasteiger partial charge is 0.398 e. The quantitative estimate of drug-likeness (QED) is 0.842. The Hall–Kier alpha value is -1.95. The number of nitrogens with two attached hydrogens (primary N) is 1. The summed E-state index contributed by atoms with van der Waals surface area (Å²) in [5.74, 6) is -1.55. The van der Waals surface area contributed by atoms with Crippen LogP contribution in [-0.2, 0) is 6.54 Å². The van der Waals surface area contributed by atoms with E-state index in [0.717, 1.165) is 18.2 Å². The predicted octanol–water partition coefficient (Wildman–Crippen LogP) is 3.24. The summed E-state index contributed by atoms with van der Waals surface area (Å²) in [4.78, 5) is 12.0. The summed E-state index contributed by atoms with van der Waals surface area (Å²) >= 11 is 3.21. The summed E-state index contributed by atoms with van der Waals surface area (Å²) in [7, 11) is 0. The number of hydrogen-bond acceptors (Lipinski definition) is 2. The molecule has 0 aliphatic rings. The number of anilines is 1. The van der Waals surface area contributed by atoms with Crippen molar-refractivity contribution < 1.29 is 13.6 Å². The Morgan fingerprint density at radius 2 is 2.00 bits per heavy atom. The lowest BCUT2D eigenvalue weighted by atomic mass is 10.1. The summed E-state index contributed by atoms with van der Waals surface area (Å²) in [6, 6.07) is 7.95. The van der Waals surface area contributed by atoms with Gasteiger partial charge in [0.25, 0.3) is 5.91 Å². The van der Waals surface area contributed by atoms with Crippen LogP contribution in [0, 0.1) is 11.6 Å². The minimum Gasteiger partial charge on any atom is -0.398 e. The monoisotopic (exact) mass is 340 g/mol.